The van der Waals surface area contributed by atoms with Crippen LogP contribution in [-0.4, -0.2) is 107 Å². The third-order valence-corrected chi connectivity index (χ3v) is 12.1. The standard InChI is InChI=1S/C44H61N11O6/c45-31(23-27-11-3-1-4-12-27)38(56)52-34-17-9-20-48-39(57)33(19-21-49-44(46)47)51-41(59)36(25-29-26-50-32-16-8-7-15-30(29)32)53-40(58)35(24-28-13-5-2-6-14-28)54-42(60)37-18-10-22-55(37)43(34)61/h1,3-4,7-8,11-12,15-16,26,28,31,33-37,50H,2,5-6,9-10,13-14,17-25,45H2,(H,48,57)(H,51,59)(H,52,56)(H,53,58)(H,54,60)(H4,46,47,49)/t31-,33-,34-,35+,36-,37-/m0/s1. The molecule has 2 saturated heterocycles. The molecule has 61 heavy (non-hydrogen) atoms. The van der Waals surface area contributed by atoms with Gasteiger partial charge in [-0.3, -0.25) is 33.8 Å². The Bertz CT molecular complexity index is 2030. The van der Waals surface area contributed by atoms with E-state index in [0.29, 0.717) is 19.3 Å². The second-order valence-electron chi connectivity index (χ2n) is 16.6. The molecule has 6 amide bonds. The van der Waals surface area contributed by atoms with E-state index in [4.69, 9.17) is 17.2 Å². The van der Waals surface area contributed by atoms with Gasteiger partial charge >= 0.3 is 0 Å². The predicted molar refractivity (Wildman–Crippen MR) is 231 cm³/mol. The third-order valence-electron chi connectivity index (χ3n) is 12.1. The van der Waals surface area contributed by atoms with Crippen molar-refractivity contribution in [3.05, 3.63) is 71.9 Å². The number of para-hydroxylation sites is 1. The Balaban J connectivity index is 1.30. The number of rotatable bonds is 11. The molecule has 0 bridgehead atoms. The number of fused-ring (bicyclic) bond motifs is 2. The molecule has 1 aromatic heterocycles. The van der Waals surface area contributed by atoms with Gasteiger partial charge in [-0.05, 0) is 68.1 Å². The lowest BCUT2D eigenvalue weighted by Crippen LogP contribution is -2.60. The molecule has 6 rings (SSSR count). The molecule has 3 fully saturated rings. The molecule has 1 aliphatic carbocycles. The van der Waals surface area contributed by atoms with Crippen molar-refractivity contribution in [3.63, 3.8) is 0 Å². The van der Waals surface area contributed by atoms with Crippen molar-refractivity contribution in [1.82, 2.24) is 36.5 Å². The van der Waals surface area contributed by atoms with E-state index < -0.39 is 71.7 Å². The van der Waals surface area contributed by atoms with Crippen LogP contribution in [0.1, 0.15) is 81.8 Å². The summed E-state index contributed by atoms with van der Waals surface area (Å²) in [5, 5.41) is 15.4. The molecule has 328 valence electrons. The minimum Gasteiger partial charge on any atom is -0.370 e. The SMILES string of the molecule is NC(N)=NCC[C@@H]1NC(=O)[C@H](Cc2c[nH]c3ccccc23)NC(=O)[C@@H](CC2CCCCC2)NC(=O)[C@@H]2CCCN2C(=O)[C@@H](NC(=O)[C@@H](N)Cc2ccccc2)CCCNC1=O. The lowest BCUT2D eigenvalue weighted by atomic mass is 9.84. The van der Waals surface area contributed by atoms with Crippen LogP contribution < -0.4 is 43.8 Å². The number of aliphatic imine (C=N–C) groups is 1. The minimum absolute atomic E-state index is 0.0263. The van der Waals surface area contributed by atoms with Crippen LogP contribution in [0.25, 0.3) is 10.9 Å². The highest BCUT2D eigenvalue weighted by atomic mass is 16.2. The Morgan fingerprint density at radius 1 is 0.787 bits per heavy atom. The fraction of sp³-hybridized carbons (Fsp3) is 0.523. The second kappa shape index (κ2) is 21.5. The van der Waals surface area contributed by atoms with Gasteiger partial charge in [0.25, 0.3) is 0 Å². The van der Waals surface area contributed by atoms with Crippen LogP contribution in [0.5, 0.6) is 0 Å². The van der Waals surface area contributed by atoms with Gasteiger partial charge < -0.3 is 53.7 Å². The molecule has 0 spiro atoms. The molecule has 17 heteroatoms. The number of nitrogens with one attached hydrogen (secondary N) is 6. The van der Waals surface area contributed by atoms with Crippen molar-refractivity contribution in [2.75, 3.05) is 19.6 Å². The monoisotopic (exact) mass is 839 g/mol. The molecule has 6 atom stereocenters. The largest absolute Gasteiger partial charge is 0.370 e. The summed E-state index contributed by atoms with van der Waals surface area (Å²) >= 11 is 0. The molecule has 0 radical (unpaired) electrons. The van der Waals surface area contributed by atoms with Crippen LogP contribution in [0.2, 0.25) is 0 Å². The first kappa shape index (κ1) is 44.6. The topological polar surface area (TPSA) is 272 Å². The summed E-state index contributed by atoms with van der Waals surface area (Å²) in [6, 6.07) is 10.8. The molecule has 2 aliphatic heterocycles. The smallest absolute Gasteiger partial charge is 0.245 e. The van der Waals surface area contributed by atoms with Gasteiger partial charge in [-0.15, -0.1) is 0 Å². The predicted octanol–water partition coefficient (Wildman–Crippen LogP) is 0.755. The summed E-state index contributed by atoms with van der Waals surface area (Å²) in [5.41, 5.74) is 20.0. The number of carbonyl (C=O) groups excluding carboxylic acids is 6. The van der Waals surface area contributed by atoms with Crippen LogP contribution in [0.15, 0.2) is 65.8 Å². The van der Waals surface area contributed by atoms with Crippen LogP contribution in [0.4, 0.5) is 0 Å². The zero-order chi connectivity index (χ0) is 43.3. The van der Waals surface area contributed by atoms with Crippen LogP contribution in [0, 0.1) is 5.92 Å². The Morgan fingerprint density at radius 2 is 1.49 bits per heavy atom. The summed E-state index contributed by atoms with van der Waals surface area (Å²) in [6.45, 7) is 0.393. The van der Waals surface area contributed by atoms with E-state index >= 15 is 0 Å². The third kappa shape index (κ3) is 12.3. The van der Waals surface area contributed by atoms with E-state index in [0.717, 1.165) is 54.1 Å². The van der Waals surface area contributed by atoms with Gasteiger partial charge in [-0.25, -0.2) is 0 Å². The molecule has 3 aromatic rings. The van der Waals surface area contributed by atoms with E-state index in [1.165, 1.54) is 4.90 Å². The van der Waals surface area contributed by atoms with Crippen molar-refractivity contribution in [2.45, 2.75) is 120 Å². The van der Waals surface area contributed by atoms with Crippen molar-refractivity contribution < 1.29 is 28.8 Å². The quantitative estimate of drug-likeness (QED) is 0.0973. The van der Waals surface area contributed by atoms with Crippen molar-refractivity contribution >= 4 is 52.3 Å². The van der Waals surface area contributed by atoms with E-state index in [1.54, 1.807) is 6.20 Å². The number of aromatic nitrogens is 1. The first-order chi connectivity index (χ1) is 29.5. The highest BCUT2D eigenvalue weighted by Gasteiger charge is 2.40. The van der Waals surface area contributed by atoms with Gasteiger partial charge in [0, 0.05) is 43.2 Å². The van der Waals surface area contributed by atoms with Crippen molar-refractivity contribution in [1.29, 1.82) is 0 Å². The maximum atomic E-state index is 14.5. The molecule has 3 aliphatic rings. The number of aromatic amines is 1. The minimum atomic E-state index is -1.14. The zero-order valence-corrected chi connectivity index (χ0v) is 34.7. The van der Waals surface area contributed by atoms with Crippen molar-refractivity contribution in [3.8, 4) is 0 Å². The molecular formula is C44H61N11O6. The van der Waals surface area contributed by atoms with Gasteiger partial charge in [0.05, 0.1) is 6.04 Å². The first-order valence-electron chi connectivity index (χ1n) is 21.7. The Labute approximate surface area is 356 Å². The van der Waals surface area contributed by atoms with E-state index in [9.17, 15) is 28.8 Å². The first-order valence-corrected chi connectivity index (χ1v) is 21.7. The maximum absolute atomic E-state index is 14.5. The summed E-state index contributed by atoms with van der Waals surface area (Å²) in [7, 11) is 0. The number of benzene rings is 2. The van der Waals surface area contributed by atoms with Crippen molar-refractivity contribution in [2.24, 2.45) is 28.1 Å². The fourth-order valence-electron chi connectivity index (χ4n) is 8.76. The lowest BCUT2D eigenvalue weighted by Gasteiger charge is -2.32. The number of guanidine groups is 1. The number of hydrogen-bond donors (Lipinski definition) is 9. The number of carbonyl (C=O) groups is 6. The Kier molecular flexibility index (Phi) is 15.7. The zero-order valence-electron chi connectivity index (χ0n) is 34.7. The Morgan fingerprint density at radius 3 is 2.26 bits per heavy atom. The highest BCUT2D eigenvalue weighted by Crippen LogP contribution is 2.28. The number of H-pyrrole nitrogens is 1. The summed E-state index contributed by atoms with van der Waals surface area (Å²) in [4.78, 5) is 93.6. The average Bonchev–Trinajstić information content (AvgIpc) is 3.92. The van der Waals surface area contributed by atoms with E-state index in [-0.39, 0.29) is 63.6 Å². The van der Waals surface area contributed by atoms with Crippen LogP contribution in [0.3, 0.4) is 0 Å². The lowest BCUT2D eigenvalue weighted by molar-refractivity contribution is -0.142. The van der Waals surface area contributed by atoms with Gasteiger partial charge in [-0.2, -0.15) is 0 Å². The molecule has 1 saturated carbocycles. The number of amides is 6. The maximum Gasteiger partial charge on any atom is 0.245 e. The van der Waals surface area contributed by atoms with E-state index in [2.05, 4.69) is 36.6 Å². The molecule has 3 heterocycles. The normalized spacial score (nSPS) is 24.3. The van der Waals surface area contributed by atoms with Gasteiger partial charge in [0.15, 0.2) is 5.96 Å². The highest BCUT2D eigenvalue weighted by molar-refractivity contribution is 5.97. The Hall–Kier alpha value is -5.97. The molecule has 12 N–H and O–H groups in total. The summed E-state index contributed by atoms with van der Waals surface area (Å²) < 4.78 is 0. The molecule has 2 aromatic carbocycles. The fourth-order valence-corrected chi connectivity index (χ4v) is 8.76. The number of hydrogen-bond acceptors (Lipinski definition) is 8. The molecule has 17 nitrogen and oxygen atoms in total. The number of nitrogens with two attached hydrogens (primary N) is 3. The van der Waals surface area contributed by atoms with Gasteiger partial charge in [0.1, 0.15) is 30.2 Å². The summed E-state index contributed by atoms with van der Waals surface area (Å²) in [5.74, 6) is -3.13. The van der Waals surface area contributed by atoms with Gasteiger partial charge in [-0.1, -0.05) is 80.6 Å². The van der Waals surface area contributed by atoms with Crippen LogP contribution in [-0.2, 0) is 41.6 Å². The average molecular weight is 840 g/mol. The number of nitrogens with zero attached hydrogens (tertiary/aromatic N) is 2. The molecular weight excluding hydrogens is 779 g/mol. The van der Waals surface area contributed by atoms with E-state index in [1.807, 2.05) is 54.6 Å². The summed E-state index contributed by atoms with van der Waals surface area (Å²) in [6.07, 6.45) is 8.71. The molecule has 0 unspecified atom stereocenters. The second-order valence-corrected chi connectivity index (χ2v) is 16.6. The van der Waals surface area contributed by atoms with Gasteiger partial charge in [0.2, 0.25) is 35.4 Å². The van der Waals surface area contributed by atoms with Crippen LogP contribution >= 0.6 is 0 Å².